The first-order valence-electron chi connectivity index (χ1n) is 10.2. The third kappa shape index (κ3) is 2.48. The molecule has 28 heavy (non-hydrogen) atoms. The monoisotopic (exact) mass is 381 g/mol. The maximum atomic E-state index is 13.5. The number of rotatable bonds is 1. The summed E-state index contributed by atoms with van der Waals surface area (Å²) in [6, 6.07) is 2.24. The van der Waals surface area contributed by atoms with Crippen molar-refractivity contribution in [3.05, 3.63) is 29.2 Å². The molecular weight excluding hydrogens is 354 g/mol. The molecule has 7 nitrogen and oxygen atoms in total. The predicted molar refractivity (Wildman–Crippen MR) is 104 cm³/mol. The topological polar surface area (TPSA) is 70.8 Å². The minimum Gasteiger partial charge on any atom is -0.337 e. The van der Waals surface area contributed by atoms with E-state index in [2.05, 4.69) is 15.0 Å². The lowest BCUT2D eigenvalue weighted by atomic mass is 9.96. The number of nitrogens with zero attached hydrogens (tertiary/aromatic N) is 5. The van der Waals surface area contributed by atoms with Gasteiger partial charge in [-0.05, 0) is 40.5 Å². The van der Waals surface area contributed by atoms with Gasteiger partial charge in [-0.25, -0.2) is 9.50 Å². The molecule has 3 aliphatic rings. The van der Waals surface area contributed by atoms with Crippen molar-refractivity contribution in [3.8, 4) is 0 Å². The number of carbonyl (C=O) groups excluding carboxylic acids is 2. The number of likely N-dealkylation sites (tertiary alicyclic amines) is 1. The number of hydrogen-bond donors (Lipinski definition) is 0. The zero-order valence-corrected chi connectivity index (χ0v) is 17.0. The van der Waals surface area contributed by atoms with E-state index in [0.717, 1.165) is 36.2 Å². The van der Waals surface area contributed by atoms with Crippen molar-refractivity contribution < 1.29 is 9.59 Å². The molecule has 5 heterocycles. The standard InChI is InChI=1S/C21H27N5O2/c1-12-7-18-22-10-15-16-6-5-14(9-17(15)26(18)23-12)25(16)20(28)13-8-19(27)24(11-13)21(2,3)4/h7,10,13-14,16H,5-6,8-9,11H2,1-4H3/t13-,14+,16+/m1/s1. The van der Waals surface area contributed by atoms with Crippen LogP contribution in [0.25, 0.3) is 5.65 Å². The molecule has 0 spiro atoms. The van der Waals surface area contributed by atoms with Crippen LogP contribution in [-0.4, -0.2) is 54.3 Å². The van der Waals surface area contributed by atoms with Crippen LogP contribution in [0.5, 0.6) is 0 Å². The van der Waals surface area contributed by atoms with Gasteiger partial charge in [0, 0.05) is 48.8 Å². The molecule has 0 N–H and O–H groups in total. The van der Waals surface area contributed by atoms with Gasteiger partial charge in [0.15, 0.2) is 5.65 Å². The van der Waals surface area contributed by atoms with Crippen LogP contribution in [0.1, 0.15) is 63.0 Å². The second kappa shape index (κ2) is 5.78. The molecule has 2 bridgehead atoms. The fourth-order valence-corrected chi connectivity index (χ4v) is 5.27. The van der Waals surface area contributed by atoms with Gasteiger partial charge in [0.2, 0.25) is 11.8 Å². The lowest BCUT2D eigenvalue weighted by Crippen LogP contribution is -2.47. The minimum atomic E-state index is -0.243. The van der Waals surface area contributed by atoms with E-state index >= 15 is 0 Å². The summed E-state index contributed by atoms with van der Waals surface area (Å²) in [5, 5.41) is 4.62. The molecule has 2 amide bonds. The van der Waals surface area contributed by atoms with Gasteiger partial charge in [-0.2, -0.15) is 5.10 Å². The molecule has 2 fully saturated rings. The number of hydrogen-bond acceptors (Lipinski definition) is 4. The normalized spacial score (nSPS) is 27.0. The quantitative estimate of drug-likeness (QED) is 0.760. The first kappa shape index (κ1) is 17.6. The van der Waals surface area contributed by atoms with Gasteiger partial charge in [0.25, 0.3) is 0 Å². The number of carbonyl (C=O) groups is 2. The smallest absolute Gasteiger partial charge is 0.228 e. The Morgan fingerprint density at radius 1 is 1.21 bits per heavy atom. The molecular formula is C21H27N5O2. The van der Waals surface area contributed by atoms with Gasteiger partial charge >= 0.3 is 0 Å². The molecule has 7 heteroatoms. The van der Waals surface area contributed by atoms with Crippen molar-refractivity contribution in [2.45, 2.75) is 71.0 Å². The van der Waals surface area contributed by atoms with Gasteiger partial charge < -0.3 is 9.80 Å². The molecule has 0 unspecified atom stereocenters. The predicted octanol–water partition coefficient (Wildman–Crippen LogP) is 2.27. The summed E-state index contributed by atoms with van der Waals surface area (Å²) in [6.07, 6.45) is 5.02. The molecule has 0 saturated carbocycles. The van der Waals surface area contributed by atoms with Gasteiger partial charge in [-0.1, -0.05) is 0 Å². The van der Waals surface area contributed by atoms with E-state index in [4.69, 9.17) is 0 Å². The summed E-state index contributed by atoms with van der Waals surface area (Å²) in [7, 11) is 0. The molecule has 148 valence electrons. The average Bonchev–Trinajstić information content (AvgIpc) is 3.28. The summed E-state index contributed by atoms with van der Waals surface area (Å²) in [5.41, 5.74) is 3.90. The van der Waals surface area contributed by atoms with Crippen LogP contribution < -0.4 is 0 Å². The van der Waals surface area contributed by atoms with Gasteiger partial charge in [0.05, 0.1) is 23.3 Å². The average molecular weight is 381 g/mol. The Kier molecular flexibility index (Phi) is 3.64. The van der Waals surface area contributed by atoms with E-state index in [1.807, 2.05) is 49.4 Å². The molecule has 2 aromatic rings. The van der Waals surface area contributed by atoms with Crippen molar-refractivity contribution in [2.24, 2.45) is 5.92 Å². The van der Waals surface area contributed by atoms with Crippen LogP contribution in [0, 0.1) is 12.8 Å². The molecule has 3 aliphatic heterocycles. The minimum absolute atomic E-state index is 0.0569. The molecule has 3 atom stereocenters. The second-order valence-electron chi connectivity index (χ2n) is 9.49. The van der Waals surface area contributed by atoms with E-state index in [-0.39, 0.29) is 35.4 Å². The van der Waals surface area contributed by atoms with Crippen LogP contribution >= 0.6 is 0 Å². The van der Waals surface area contributed by atoms with Crippen LogP contribution in [0.15, 0.2) is 12.3 Å². The van der Waals surface area contributed by atoms with Crippen LogP contribution in [0.4, 0.5) is 0 Å². The maximum Gasteiger partial charge on any atom is 0.228 e. The lowest BCUT2D eigenvalue weighted by molar-refractivity contribution is -0.139. The summed E-state index contributed by atoms with van der Waals surface area (Å²) in [6.45, 7) is 8.59. The highest BCUT2D eigenvalue weighted by Gasteiger charge is 2.48. The first-order chi connectivity index (χ1) is 13.2. The summed E-state index contributed by atoms with van der Waals surface area (Å²) in [5.74, 6) is -0.0130. The SMILES string of the molecule is Cc1cc2ncc3c(n2n1)C[C@@H]1CC[C@@H]3N1C(=O)[C@@H]1CC(=O)N(C(C)(C)C)C1. The Morgan fingerprint density at radius 2 is 2.00 bits per heavy atom. The maximum absolute atomic E-state index is 13.5. The van der Waals surface area contributed by atoms with Crippen LogP contribution in [0.3, 0.4) is 0 Å². The van der Waals surface area contributed by atoms with Gasteiger partial charge in [-0.3, -0.25) is 9.59 Å². The fourth-order valence-electron chi connectivity index (χ4n) is 5.27. The van der Waals surface area contributed by atoms with E-state index in [0.29, 0.717) is 13.0 Å². The van der Waals surface area contributed by atoms with Crippen molar-refractivity contribution >= 4 is 17.5 Å². The largest absolute Gasteiger partial charge is 0.337 e. The summed E-state index contributed by atoms with van der Waals surface area (Å²) in [4.78, 5) is 34.4. The van der Waals surface area contributed by atoms with Crippen molar-refractivity contribution in [3.63, 3.8) is 0 Å². The fraction of sp³-hybridized carbons (Fsp3) is 0.619. The van der Waals surface area contributed by atoms with Crippen molar-refractivity contribution in [2.75, 3.05) is 6.54 Å². The molecule has 0 radical (unpaired) electrons. The van der Waals surface area contributed by atoms with E-state index < -0.39 is 0 Å². The third-order valence-electron chi connectivity index (χ3n) is 6.57. The van der Waals surface area contributed by atoms with E-state index in [1.165, 1.54) is 5.69 Å². The molecule has 0 aliphatic carbocycles. The molecule has 2 aromatic heterocycles. The Balaban J connectivity index is 1.46. The highest BCUT2D eigenvalue weighted by molar-refractivity contribution is 5.90. The van der Waals surface area contributed by atoms with Crippen LogP contribution in [0.2, 0.25) is 0 Å². The van der Waals surface area contributed by atoms with Gasteiger partial charge in [0.1, 0.15) is 0 Å². The third-order valence-corrected chi connectivity index (χ3v) is 6.57. The Labute approximate surface area is 164 Å². The van der Waals surface area contributed by atoms with Gasteiger partial charge in [-0.15, -0.1) is 0 Å². The first-order valence-corrected chi connectivity index (χ1v) is 10.2. The lowest BCUT2D eigenvalue weighted by Gasteiger charge is -2.38. The zero-order valence-electron chi connectivity index (χ0n) is 17.0. The Hall–Kier alpha value is -2.44. The van der Waals surface area contributed by atoms with Crippen molar-refractivity contribution in [1.82, 2.24) is 24.4 Å². The molecule has 0 aromatic carbocycles. The number of amides is 2. The number of fused-ring (bicyclic) bond motifs is 6. The zero-order chi connectivity index (χ0) is 19.8. The molecule has 2 saturated heterocycles. The Bertz CT molecular complexity index is 989. The van der Waals surface area contributed by atoms with Crippen molar-refractivity contribution in [1.29, 1.82) is 0 Å². The molecule has 5 rings (SSSR count). The Morgan fingerprint density at radius 3 is 2.71 bits per heavy atom. The van der Waals surface area contributed by atoms with Crippen LogP contribution in [-0.2, 0) is 16.0 Å². The summed E-state index contributed by atoms with van der Waals surface area (Å²) < 4.78 is 1.96. The summed E-state index contributed by atoms with van der Waals surface area (Å²) >= 11 is 0. The highest BCUT2D eigenvalue weighted by atomic mass is 16.2. The highest BCUT2D eigenvalue weighted by Crippen LogP contribution is 2.45. The van der Waals surface area contributed by atoms with E-state index in [1.54, 1.807) is 0 Å². The number of aromatic nitrogens is 3. The number of aryl methyl sites for hydroxylation is 1. The second-order valence-corrected chi connectivity index (χ2v) is 9.49. The van der Waals surface area contributed by atoms with E-state index in [9.17, 15) is 9.59 Å².